The molecule has 13 heavy (non-hydrogen) atoms. The van der Waals surface area contributed by atoms with Crippen molar-refractivity contribution in [2.75, 3.05) is 0 Å². The van der Waals surface area contributed by atoms with Crippen LogP contribution in [0.3, 0.4) is 0 Å². The lowest BCUT2D eigenvalue weighted by atomic mass is 9.76. The van der Waals surface area contributed by atoms with Crippen molar-refractivity contribution in [3.63, 3.8) is 0 Å². The molecule has 2 aliphatic rings. The van der Waals surface area contributed by atoms with Crippen molar-refractivity contribution in [1.29, 1.82) is 0 Å². The molecule has 0 saturated heterocycles. The second-order valence-corrected chi connectivity index (χ2v) is 4.53. The van der Waals surface area contributed by atoms with Crippen LogP contribution < -0.4 is 0 Å². The molecule has 0 spiro atoms. The molecule has 2 unspecified atom stereocenters. The number of aliphatic hydroxyl groups is 1. The van der Waals surface area contributed by atoms with E-state index in [-0.39, 0.29) is 0 Å². The number of rotatable bonds is 2. The monoisotopic (exact) mass is 184 g/mol. The van der Waals surface area contributed by atoms with Gasteiger partial charge in [-0.1, -0.05) is 0 Å². The lowest BCUT2D eigenvalue weighted by Crippen LogP contribution is -2.43. The third-order valence-electron chi connectivity index (χ3n) is 3.45. The van der Waals surface area contributed by atoms with Gasteiger partial charge in [0.2, 0.25) is 0 Å². The number of aliphatic carboxylic acids is 1. The molecular weight excluding hydrogens is 168 g/mol. The van der Waals surface area contributed by atoms with E-state index in [1.165, 1.54) is 12.8 Å². The first-order valence-electron chi connectivity index (χ1n) is 5.07. The molecule has 2 N–H and O–H groups in total. The maximum Gasteiger partial charge on any atom is 0.335 e. The van der Waals surface area contributed by atoms with Crippen molar-refractivity contribution >= 4 is 5.97 Å². The first-order chi connectivity index (χ1) is 6.12. The largest absolute Gasteiger partial charge is 0.479 e. The van der Waals surface area contributed by atoms with Gasteiger partial charge in [-0.2, -0.15) is 0 Å². The van der Waals surface area contributed by atoms with Crippen LogP contribution in [0.2, 0.25) is 0 Å². The topological polar surface area (TPSA) is 57.5 Å². The molecule has 2 aliphatic carbocycles. The fourth-order valence-electron chi connectivity index (χ4n) is 2.46. The highest BCUT2D eigenvalue weighted by molar-refractivity contribution is 5.77. The molecule has 2 atom stereocenters. The zero-order valence-electron chi connectivity index (χ0n) is 7.70. The zero-order valence-corrected chi connectivity index (χ0v) is 7.70. The van der Waals surface area contributed by atoms with E-state index in [9.17, 15) is 9.90 Å². The number of carboxylic acids is 1. The van der Waals surface area contributed by atoms with Crippen molar-refractivity contribution in [3.8, 4) is 0 Å². The number of carbonyl (C=O) groups is 1. The van der Waals surface area contributed by atoms with E-state index in [0.29, 0.717) is 24.7 Å². The first kappa shape index (κ1) is 9.00. The Morgan fingerprint density at radius 1 is 1.23 bits per heavy atom. The van der Waals surface area contributed by atoms with Crippen LogP contribution >= 0.6 is 0 Å². The fraction of sp³-hybridized carbons (Fsp3) is 0.900. The van der Waals surface area contributed by atoms with Gasteiger partial charge in [-0.25, -0.2) is 4.79 Å². The van der Waals surface area contributed by atoms with Crippen molar-refractivity contribution in [2.45, 2.75) is 44.1 Å². The summed E-state index contributed by atoms with van der Waals surface area (Å²) in [5.41, 5.74) is -1.41. The van der Waals surface area contributed by atoms with Crippen LogP contribution in [0.15, 0.2) is 0 Å². The van der Waals surface area contributed by atoms with Crippen molar-refractivity contribution in [2.24, 2.45) is 11.8 Å². The van der Waals surface area contributed by atoms with Crippen molar-refractivity contribution in [3.05, 3.63) is 0 Å². The lowest BCUT2D eigenvalue weighted by Gasteiger charge is -2.33. The molecule has 3 heteroatoms. The summed E-state index contributed by atoms with van der Waals surface area (Å²) in [7, 11) is 0. The predicted molar refractivity (Wildman–Crippen MR) is 47.3 cm³/mol. The minimum atomic E-state index is -1.41. The van der Waals surface area contributed by atoms with Crippen LogP contribution in [0.4, 0.5) is 0 Å². The summed E-state index contributed by atoms with van der Waals surface area (Å²) in [4.78, 5) is 10.8. The fourth-order valence-corrected chi connectivity index (χ4v) is 2.46. The van der Waals surface area contributed by atoms with Gasteiger partial charge in [0.05, 0.1) is 0 Å². The summed E-state index contributed by atoms with van der Waals surface area (Å²) < 4.78 is 0. The molecule has 3 nitrogen and oxygen atoms in total. The molecule has 0 heterocycles. The van der Waals surface area contributed by atoms with Gasteiger partial charge in [0, 0.05) is 0 Å². The Kier molecular flexibility index (Phi) is 2.06. The molecule has 0 aromatic carbocycles. The van der Waals surface area contributed by atoms with Crippen LogP contribution in [0.5, 0.6) is 0 Å². The van der Waals surface area contributed by atoms with E-state index in [1.54, 1.807) is 0 Å². The Labute approximate surface area is 77.8 Å². The van der Waals surface area contributed by atoms with Gasteiger partial charge in [-0.05, 0) is 50.4 Å². The van der Waals surface area contributed by atoms with E-state index in [2.05, 4.69) is 0 Å². The first-order valence-corrected chi connectivity index (χ1v) is 5.07. The van der Waals surface area contributed by atoms with Crippen LogP contribution in [0.25, 0.3) is 0 Å². The number of hydrogen-bond donors (Lipinski definition) is 2. The average molecular weight is 184 g/mol. The van der Waals surface area contributed by atoms with E-state index in [4.69, 9.17) is 5.11 Å². The number of carboxylic acid groups (broad SMARTS) is 1. The molecular formula is C10H16O3. The number of hydrogen-bond acceptors (Lipinski definition) is 2. The summed E-state index contributed by atoms with van der Waals surface area (Å²) in [5.74, 6) is 0.152. The molecule has 74 valence electrons. The van der Waals surface area contributed by atoms with Crippen LogP contribution in [-0.4, -0.2) is 21.8 Å². The Bertz CT molecular complexity index is 222. The van der Waals surface area contributed by atoms with Crippen LogP contribution in [-0.2, 0) is 4.79 Å². The van der Waals surface area contributed by atoms with Crippen molar-refractivity contribution in [1.82, 2.24) is 0 Å². The second kappa shape index (κ2) is 2.98. The summed E-state index contributed by atoms with van der Waals surface area (Å²) in [6.07, 6.45) is 5.36. The Hall–Kier alpha value is -0.570. The minimum absolute atomic E-state index is 0.436. The highest BCUT2D eigenvalue weighted by Gasteiger charge is 2.45. The molecule has 0 amide bonds. The molecule has 0 radical (unpaired) electrons. The summed E-state index contributed by atoms with van der Waals surface area (Å²) in [6.45, 7) is 0. The highest BCUT2D eigenvalue weighted by Crippen LogP contribution is 2.46. The Morgan fingerprint density at radius 3 is 2.46 bits per heavy atom. The summed E-state index contributed by atoms with van der Waals surface area (Å²) >= 11 is 0. The smallest absolute Gasteiger partial charge is 0.335 e. The standard InChI is InChI=1S/C10H16O3/c11-9(12)10(13)5-1-2-8(6-10)7-3-4-7/h7-8,13H,1-6H2,(H,11,12). The van der Waals surface area contributed by atoms with Gasteiger partial charge in [-0.15, -0.1) is 0 Å². The summed E-state index contributed by atoms with van der Waals surface area (Å²) in [6, 6.07) is 0. The quantitative estimate of drug-likeness (QED) is 0.682. The lowest BCUT2D eigenvalue weighted by molar-refractivity contribution is -0.164. The third-order valence-corrected chi connectivity index (χ3v) is 3.45. The molecule has 0 aromatic heterocycles. The maximum atomic E-state index is 10.8. The molecule has 0 aromatic rings. The van der Waals surface area contributed by atoms with Gasteiger partial charge < -0.3 is 10.2 Å². The third kappa shape index (κ3) is 1.70. The molecule has 2 saturated carbocycles. The van der Waals surface area contributed by atoms with Crippen LogP contribution in [0, 0.1) is 11.8 Å². The van der Waals surface area contributed by atoms with Gasteiger partial charge >= 0.3 is 5.97 Å². The minimum Gasteiger partial charge on any atom is -0.479 e. The average Bonchev–Trinajstić information content (AvgIpc) is 2.86. The SMILES string of the molecule is O=C(O)C1(O)CCCC(C2CC2)C1. The second-order valence-electron chi connectivity index (χ2n) is 4.53. The van der Waals surface area contributed by atoms with E-state index in [1.807, 2.05) is 0 Å². The molecule has 0 aliphatic heterocycles. The van der Waals surface area contributed by atoms with Gasteiger partial charge in [0.1, 0.15) is 0 Å². The molecule has 2 rings (SSSR count). The normalized spacial score (nSPS) is 40.2. The van der Waals surface area contributed by atoms with Crippen LogP contribution in [0.1, 0.15) is 38.5 Å². The van der Waals surface area contributed by atoms with Crippen molar-refractivity contribution < 1.29 is 15.0 Å². The molecule has 2 fully saturated rings. The van der Waals surface area contributed by atoms with Gasteiger partial charge in [0.15, 0.2) is 5.60 Å². The van der Waals surface area contributed by atoms with E-state index < -0.39 is 11.6 Å². The Balaban J connectivity index is 2.01. The van der Waals surface area contributed by atoms with Gasteiger partial charge in [0.25, 0.3) is 0 Å². The van der Waals surface area contributed by atoms with Gasteiger partial charge in [-0.3, -0.25) is 0 Å². The highest BCUT2D eigenvalue weighted by atomic mass is 16.4. The van der Waals surface area contributed by atoms with E-state index in [0.717, 1.165) is 12.8 Å². The predicted octanol–water partition coefficient (Wildman–Crippen LogP) is 1.40. The Morgan fingerprint density at radius 2 is 1.92 bits per heavy atom. The maximum absolute atomic E-state index is 10.8. The zero-order chi connectivity index (χ0) is 9.47. The van der Waals surface area contributed by atoms with E-state index >= 15 is 0 Å². The summed E-state index contributed by atoms with van der Waals surface area (Å²) in [5, 5.41) is 18.7. The molecule has 0 bridgehead atoms.